The molecule has 5 nitrogen and oxygen atoms in total. The highest BCUT2D eigenvalue weighted by Crippen LogP contribution is 2.37. The van der Waals surface area contributed by atoms with Crippen LogP contribution in [0.15, 0.2) is 18.2 Å². The first kappa shape index (κ1) is 25.5. The Kier molecular flexibility index (Phi) is 14.3. The first-order valence-corrected chi connectivity index (χ1v) is 11.0. The highest BCUT2D eigenvalue weighted by molar-refractivity contribution is 6.33. The van der Waals surface area contributed by atoms with Gasteiger partial charge in [-0.1, -0.05) is 43.7 Å². The molecule has 1 rings (SSSR count). The number of unbranched alkanes of at least 4 members (excludes halogenated alkanes) is 6. The number of benzene rings is 1. The van der Waals surface area contributed by atoms with Crippen LogP contribution in [0.4, 0.5) is 0 Å². The Morgan fingerprint density at radius 1 is 1.00 bits per heavy atom. The molecule has 0 aromatic heterocycles. The van der Waals surface area contributed by atoms with Gasteiger partial charge >= 0.3 is 0 Å². The normalized spacial score (nSPS) is 11.2. The molecule has 3 N–H and O–H groups in total. The Labute approximate surface area is 181 Å². The molecule has 164 valence electrons. The fourth-order valence-electron chi connectivity index (χ4n) is 3.08. The van der Waals surface area contributed by atoms with Crippen LogP contribution in [-0.2, 0) is 4.79 Å². The zero-order chi connectivity index (χ0) is 21.3. The van der Waals surface area contributed by atoms with Crippen molar-refractivity contribution in [3.8, 4) is 11.5 Å². The fourth-order valence-corrected chi connectivity index (χ4v) is 3.38. The van der Waals surface area contributed by atoms with Crippen LogP contribution in [0.5, 0.6) is 11.5 Å². The molecule has 0 spiro atoms. The first-order chi connectivity index (χ1) is 14.1. The molecule has 1 aromatic rings. The number of ether oxygens (including phenoxy) is 2. The van der Waals surface area contributed by atoms with Gasteiger partial charge in [0, 0.05) is 6.42 Å². The lowest BCUT2D eigenvalue weighted by molar-refractivity contribution is -0.114. The summed E-state index contributed by atoms with van der Waals surface area (Å²) >= 11 is 6.33. The second kappa shape index (κ2) is 16.3. The minimum Gasteiger partial charge on any atom is -0.493 e. The van der Waals surface area contributed by atoms with Crippen LogP contribution in [0.25, 0.3) is 6.08 Å². The van der Waals surface area contributed by atoms with E-state index < -0.39 is 0 Å². The Morgan fingerprint density at radius 3 is 2.31 bits per heavy atom. The van der Waals surface area contributed by atoms with E-state index in [1.54, 1.807) is 32.4 Å². The molecule has 0 bridgehead atoms. The molecule has 0 saturated carbocycles. The number of rotatable bonds is 17. The highest BCUT2D eigenvalue weighted by Gasteiger charge is 2.11. The standard InChI is InChI=1S/C23H37ClN2O3/c1-28-21-15-13-19(22(24)23(21)29-2)12-14-20(27)11-8-6-4-3-5-7-9-17-26-18-10-16-25/h12-15,26H,3-11,16-18,25H2,1-2H3/b14-12+. The maximum absolute atomic E-state index is 12.1. The van der Waals surface area contributed by atoms with Crippen molar-refractivity contribution in [3.63, 3.8) is 0 Å². The summed E-state index contributed by atoms with van der Waals surface area (Å²) in [4.78, 5) is 12.1. The van der Waals surface area contributed by atoms with Gasteiger partial charge in [0.05, 0.1) is 19.2 Å². The van der Waals surface area contributed by atoms with E-state index in [4.69, 9.17) is 26.8 Å². The Morgan fingerprint density at radius 2 is 1.66 bits per heavy atom. The molecular weight excluding hydrogens is 388 g/mol. The summed E-state index contributed by atoms with van der Waals surface area (Å²) in [6.45, 7) is 2.87. The molecule has 0 radical (unpaired) electrons. The summed E-state index contributed by atoms with van der Waals surface area (Å²) in [6, 6.07) is 3.60. The average Bonchev–Trinajstić information content (AvgIpc) is 2.73. The molecule has 0 aliphatic carbocycles. The Bertz CT molecular complexity index is 620. The monoisotopic (exact) mass is 424 g/mol. The lowest BCUT2D eigenvalue weighted by atomic mass is 10.1. The maximum atomic E-state index is 12.1. The predicted molar refractivity (Wildman–Crippen MR) is 122 cm³/mol. The molecule has 29 heavy (non-hydrogen) atoms. The average molecular weight is 425 g/mol. The molecule has 0 unspecified atom stereocenters. The van der Waals surface area contributed by atoms with E-state index in [1.165, 1.54) is 32.1 Å². The molecule has 0 heterocycles. The third-order valence-corrected chi connectivity index (χ3v) is 5.19. The molecule has 0 saturated heterocycles. The number of halogens is 1. The molecule has 0 fully saturated rings. The third-order valence-electron chi connectivity index (χ3n) is 4.80. The largest absolute Gasteiger partial charge is 0.493 e. The number of carbonyl (C=O) groups excluding carboxylic acids is 1. The SMILES string of the molecule is COc1ccc(/C=C/C(=O)CCCCCCCCCNCCCN)c(Cl)c1OC. The van der Waals surface area contributed by atoms with Crippen LogP contribution in [0, 0.1) is 0 Å². The van der Waals surface area contributed by atoms with Gasteiger partial charge in [-0.25, -0.2) is 0 Å². The van der Waals surface area contributed by atoms with E-state index in [-0.39, 0.29) is 5.78 Å². The minimum absolute atomic E-state index is 0.124. The van der Waals surface area contributed by atoms with Gasteiger partial charge in [-0.05, 0) is 68.7 Å². The van der Waals surface area contributed by atoms with E-state index in [9.17, 15) is 4.79 Å². The van der Waals surface area contributed by atoms with Crippen LogP contribution in [0.1, 0.15) is 63.4 Å². The van der Waals surface area contributed by atoms with E-state index in [2.05, 4.69) is 5.32 Å². The van der Waals surface area contributed by atoms with Crippen LogP contribution < -0.4 is 20.5 Å². The summed E-state index contributed by atoms with van der Waals surface area (Å²) in [5.74, 6) is 1.18. The Balaban J connectivity index is 2.16. The van der Waals surface area contributed by atoms with Gasteiger partial charge in [0.2, 0.25) is 0 Å². The number of hydrogen-bond acceptors (Lipinski definition) is 5. The van der Waals surface area contributed by atoms with Crippen molar-refractivity contribution in [2.75, 3.05) is 33.9 Å². The van der Waals surface area contributed by atoms with Gasteiger partial charge in [0.15, 0.2) is 17.3 Å². The van der Waals surface area contributed by atoms with Crippen molar-refractivity contribution >= 4 is 23.5 Å². The maximum Gasteiger partial charge on any atom is 0.179 e. The smallest absolute Gasteiger partial charge is 0.179 e. The number of carbonyl (C=O) groups is 1. The quantitative estimate of drug-likeness (QED) is 0.272. The molecule has 0 aliphatic rings. The number of hydrogen-bond donors (Lipinski definition) is 2. The molecule has 6 heteroatoms. The van der Waals surface area contributed by atoms with Crippen molar-refractivity contribution in [1.29, 1.82) is 0 Å². The van der Waals surface area contributed by atoms with Crippen LogP contribution >= 0.6 is 11.6 Å². The number of ketones is 1. The van der Waals surface area contributed by atoms with E-state index in [0.29, 0.717) is 22.9 Å². The Hall–Kier alpha value is -1.56. The van der Waals surface area contributed by atoms with Crippen molar-refractivity contribution in [3.05, 3.63) is 28.8 Å². The number of nitrogens with one attached hydrogen (secondary N) is 1. The zero-order valence-electron chi connectivity index (χ0n) is 18.0. The number of allylic oxidation sites excluding steroid dienone is 1. The summed E-state index contributed by atoms with van der Waals surface area (Å²) in [5, 5.41) is 3.85. The highest BCUT2D eigenvalue weighted by atomic mass is 35.5. The fraction of sp³-hybridized carbons (Fsp3) is 0.609. The van der Waals surface area contributed by atoms with Gasteiger partial charge in [-0.15, -0.1) is 0 Å². The molecule has 0 atom stereocenters. The molecule has 0 amide bonds. The zero-order valence-corrected chi connectivity index (χ0v) is 18.7. The lowest BCUT2D eigenvalue weighted by Gasteiger charge is -2.10. The third kappa shape index (κ3) is 10.7. The second-order valence-electron chi connectivity index (χ2n) is 7.12. The van der Waals surface area contributed by atoms with Crippen LogP contribution in [0.2, 0.25) is 5.02 Å². The second-order valence-corrected chi connectivity index (χ2v) is 7.50. The predicted octanol–water partition coefficient (Wildman–Crippen LogP) is 5.00. The van der Waals surface area contributed by atoms with Crippen molar-refractivity contribution in [1.82, 2.24) is 5.32 Å². The van der Waals surface area contributed by atoms with E-state index >= 15 is 0 Å². The first-order valence-electron chi connectivity index (χ1n) is 10.7. The van der Waals surface area contributed by atoms with Crippen molar-refractivity contribution in [2.45, 2.75) is 57.8 Å². The minimum atomic E-state index is 0.124. The van der Waals surface area contributed by atoms with Crippen molar-refractivity contribution in [2.24, 2.45) is 5.73 Å². The summed E-state index contributed by atoms with van der Waals surface area (Å²) in [6.07, 6.45) is 13.2. The topological polar surface area (TPSA) is 73.6 Å². The lowest BCUT2D eigenvalue weighted by Crippen LogP contribution is -2.19. The van der Waals surface area contributed by atoms with Crippen LogP contribution in [0.3, 0.4) is 0 Å². The van der Waals surface area contributed by atoms with Gasteiger partial charge in [-0.2, -0.15) is 0 Å². The molecular formula is C23H37ClN2O3. The number of methoxy groups -OCH3 is 2. The van der Waals surface area contributed by atoms with E-state index in [1.807, 2.05) is 6.07 Å². The summed E-state index contributed by atoms with van der Waals surface area (Å²) in [7, 11) is 3.11. The molecule has 0 aliphatic heterocycles. The van der Waals surface area contributed by atoms with Crippen molar-refractivity contribution < 1.29 is 14.3 Å². The summed E-state index contributed by atoms with van der Waals surface area (Å²) in [5.41, 5.74) is 6.20. The number of nitrogens with two attached hydrogens (primary N) is 1. The van der Waals surface area contributed by atoms with Gasteiger partial charge in [0.25, 0.3) is 0 Å². The van der Waals surface area contributed by atoms with Gasteiger partial charge in [-0.3, -0.25) is 4.79 Å². The summed E-state index contributed by atoms with van der Waals surface area (Å²) < 4.78 is 10.5. The van der Waals surface area contributed by atoms with E-state index in [0.717, 1.165) is 44.5 Å². The van der Waals surface area contributed by atoms with Gasteiger partial charge in [0.1, 0.15) is 0 Å². The molecule has 1 aromatic carbocycles. The van der Waals surface area contributed by atoms with Crippen LogP contribution in [-0.4, -0.2) is 39.6 Å². The van der Waals surface area contributed by atoms with Gasteiger partial charge < -0.3 is 20.5 Å².